The van der Waals surface area contributed by atoms with E-state index in [4.69, 9.17) is 16.3 Å². The van der Waals surface area contributed by atoms with Crippen LogP contribution in [0.2, 0.25) is 5.02 Å². The molecule has 0 aliphatic carbocycles. The third-order valence-corrected chi connectivity index (χ3v) is 2.40. The summed E-state index contributed by atoms with van der Waals surface area (Å²) in [4.78, 5) is 15.7. The molecule has 0 spiro atoms. The van der Waals surface area contributed by atoms with Crippen molar-refractivity contribution in [3.63, 3.8) is 0 Å². The van der Waals surface area contributed by atoms with Gasteiger partial charge in [-0.15, -0.1) is 0 Å². The summed E-state index contributed by atoms with van der Waals surface area (Å²) in [5, 5.41) is 12.3. The number of hydrogen-bond acceptors (Lipinski definition) is 4. The molecule has 1 heterocycles. The summed E-state index contributed by atoms with van der Waals surface area (Å²) in [5.74, 6) is -0.363. The molecule has 1 unspecified atom stereocenters. The highest BCUT2D eigenvalue weighted by atomic mass is 35.5. The number of carbonyl (C=O) groups is 1. The Morgan fingerprint density at radius 1 is 1.71 bits per heavy atom. The van der Waals surface area contributed by atoms with Crippen LogP contribution < -0.4 is 5.32 Å². The molecular formula is C11H15ClN2O3. The normalized spacial score (nSPS) is 12.2. The Morgan fingerprint density at radius 3 is 3.00 bits per heavy atom. The zero-order valence-corrected chi connectivity index (χ0v) is 10.5. The molecule has 0 radical (unpaired) electrons. The van der Waals surface area contributed by atoms with E-state index >= 15 is 0 Å². The van der Waals surface area contributed by atoms with E-state index in [1.807, 2.05) is 0 Å². The second-order valence-electron chi connectivity index (χ2n) is 3.62. The maximum Gasteiger partial charge on any atom is 0.254 e. The van der Waals surface area contributed by atoms with Crippen molar-refractivity contribution in [3.8, 4) is 0 Å². The number of methoxy groups -OCH3 is 1. The Kier molecular flexibility index (Phi) is 5.34. The molecule has 1 aromatic heterocycles. The van der Waals surface area contributed by atoms with Crippen molar-refractivity contribution in [1.29, 1.82) is 0 Å². The van der Waals surface area contributed by atoms with Gasteiger partial charge in [0.15, 0.2) is 0 Å². The minimum absolute atomic E-state index is 0.108. The molecule has 1 amide bonds. The average Bonchev–Trinajstić information content (AvgIpc) is 2.26. The summed E-state index contributed by atoms with van der Waals surface area (Å²) in [7, 11) is 1.48. The third-order valence-electron chi connectivity index (χ3n) is 2.09. The first-order valence-electron chi connectivity index (χ1n) is 5.12. The molecule has 5 nitrogen and oxygen atoms in total. The molecule has 0 bridgehead atoms. The number of carbonyl (C=O) groups excluding carboxylic acids is 1. The Morgan fingerprint density at radius 2 is 2.41 bits per heavy atom. The zero-order valence-electron chi connectivity index (χ0n) is 9.74. The van der Waals surface area contributed by atoms with Gasteiger partial charge in [0, 0.05) is 25.5 Å². The lowest BCUT2D eigenvalue weighted by Crippen LogP contribution is -2.34. The summed E-state index contributed by atoms with van der Waals surface area (Å²) in [6.07, 6.45) is 0.677. The quantitative estimate of drug-likeness (QED) is 0.819. The first kappa shape index (κ1) is 13.9. The highest BCUT2D eigenvalue weighted by Gasteiger charge is 2.12. The van der Waals surface area contributed by atoms with Gasteiger partial charge in [-0.3, -0.25) is 9.78 Å². The highest BCUT2D eigenvalue weighted by molar-refractivity contribution is 6.33. The molecule has 1 aromatic rings. The summed E-state index contributed by atoms with van der Waals surface area (Å²) >= 11 is 5.91. The fourth-order valence-corrected chi connectivity index (χ4v) is 1.54. The van der Waals surface area contributed by atoms with Crippen LogP contribution in [0.5, 0.6) is 0 Å². The number of halogens is 1. The van der Waals surface area contributed by atoms with Crippen molar-refractivity contribution in [3.05, 3.63) is 28.5 Å². The van der Waals surface area contributed by atoms with E-state index in [9.17, 15) is 9.90 Å². The van der Waals surface area contributed by atoms with Crippen LogP contribution >= 0.6 is 11.6 Å². The van der Waals surface area contributed by atoms with E-state index in [1.165, 1.54) is 13.3 Å². The number of aliphatic hydroxyl groups is 1. The molecule has 17 heavy (non-hydrogen) atoms. The molecular weight excluding hydrogens is 244 g/mol. The van der Waals surface area contributed by atoms with Crippen LogP contribution in [0.3, 0.4) is 0 Å². The largest absolute Gasteiger partial charge is 0.389 e. The maximum atomic E-state index is 11.7. The molecule has 2 N–H and O–H groups in total. The van der Waals surface area contributed by atoms with Gasteiger partial charge < -0.3 is 15.2 Å². The number of nitrogens with one attached hydrogen (secondary N) is 1. The van der Waals surface area contributed by atoms with Gasteiger partial charge in [0.05, 0.1) is 23.3 Å². The Balaban J connectivity index is 2.58. The molecule has 94 valence electrons. The number of aliphatic hydroxyl groups excluding tert-OH is 1. The van der Waals surface area contributed by atoms with Gasteiger partial charge in [-0.25, -0.2) is 0 Å². The molecule has 1 rings (SSSR count). The van der Waals surface area contributed by atoms with E-state index in [-0.39, 0.29) is 19.1 Å². The molecule has 0 fully saturated rings. The smallest absolute Gasteiger partial charge is 0.254 e. The molecule has 0 saturated carbocycles. The van der Waals surface area contributed by atoms with Crippen LogP contribution in [0.15, 0.2) is 12.3 Å². The van der Waals surface area contributed by atoms with Crippen LogP contribution in [0, 0.1) is 6.92 Å². The highest BCUT2D eigenvalue weighted by Crippen LogP contribution is 2.15. The Bertz CT molecular complexity index is 398. The van der Waals surface area contributed by atoms with Crippen molar-refractivity contribution in [1.82, 2.24) is 10.3 Å². The number of nitrogens with zero attached hydrogens (tertiary/aromatic N) is 1. The number of aryl methyl sites for hydroxylation is 1. The molecule has 0 aliphatic heterocycles. The fraction of sp³-hybridized carbons (Fsp3) is 0.455. The summed E-state index contributed by atoms with van der Waals surface area (Å²) < 4.78 is 4.74. The third kappa shape index (κ3) is 4.30. The maximum absolute atomic E-state index is 11.7. The van der Waals surface area contributed by atoms with Crippen LogP contribution in [-0.4, -0.2) is 42.4 Å². The van der Waals surface area contributed by atoms with Gasteiger partial charge in [-0.1, -0.05) is 11.6 Å². The minimum Gasteiger partial charge on any atom is -0.389 e. The number of ether oxygens (including phenoxy) is 1. The molecule has 0 aromatic carbocycles. The number of aromatic nitrogens is 1. The van der Waals surface area contributed by atoms with Crippen LogP contribution in [0.4, 0.5) is 0 Å². The predicted molar refractivity (Wildman–Crippen MR) is 64.2 cm³/mol. The average molecular weight is 259 g/mol. The lowest BCUT2D eigenvalue weighted by Gasteiger charge is -2.11. The molecule has 1 atom stereocenters. The second kappa shape index (κ2) is 6.54. The van der Waals surface area contributed by atoms with Crippen molar-refractivity contribution in [2.75, 3.05) is 20.3 Å². The van der Waals surface area contributed by atoms with E-state index in [2.05, 4.69) is 10.3 Å². The lowest BCUT2D eigenvalue weighted by atomic mass is 10.2. The monoisotopic (exact) mass is 258 g/mol. The van der Waals surface area contributed by atoms with Gasteiger partial charge in [0.2, 0.25) is 0 Å². The molecule has 0 aliphatic rings. The van der Waals surface area contributed by atoms with Gasteiger partial charge >= 0.3 is 0 Å². The van der Waals surface area contributed by atoms with E-state index < -0.39 is 6.10 Å². The SMILES string of the molecule is COCC(O)CNC(=O)c1cnc(C)cc1Cl. The van der Waals surface area contributed by atoms with E-state index in [0.29, 0.717) is 10.6 Å². The number of amides is 1. The zero-order chi connectivity index (χ0) is 12.8. The second-order valence-corrected chi connectivity index (χ2v) is 4.03. The van der Waals surface area contributed by atoms with Crippen molar-refractivity contribution in [2.45, 2.75) is 13.0 Å². The van der Waals surface area contributed by atoms with Crippen LogP contribution in [-0.2, 0) is 4.74 Å². The predicted octanol–water partition coefficient (Wildman–Crippen LogP) is 0.781. The lowest BCUT2D eigenvalue weighted by molar-refractivity contribution is 0.0609. The number of rotatable bonds is 5. The van der Waals surface area contributed by atoms with E-state index in [1.54, 1.807) is 13.0 Å². The van der Waals surface area contributed by atoms with Crippen molar-refractivity contribution in [2.24, 2.45) is 0 Å². The van der Waals surface area contributed by atoms with Gasteiger partial charge in [0.1, 0.15) is 0 Å². The van der Waals surface area contributed by atoms with Gasteiger partial charge in [0.25, 0.3) is 5.91 Å². The summed E-state index contributed by atoms with van der Waals surface area (Å²) in [6.45, 7) is 2.06. The molecule has 6 heteroatoms. The number of pyridine rings is 1. The van der Waals surface area contributed by atoms with E-state index in [0.717, 1.165) is 5.69 Å². The fourth-order valence-electron chi connectivity index (χ4n) is 1.25. The topological polar surface area (TPSA) is 71.5 Å². The Hall–Kier alpha value is -1.17. The first-order valence-corrected chi connectivity index (χ1v) is 5.49. The number of hydrogen-bond donors (Lipinski definition) is 2. The summed E-state index contributed by atoms with van der Waals surface area (Å²) in [6, 6.07) is 1.61. The van der Waals surface area contributed by atoms with Gasteiger partial charge in [-0.2, -0.15) is 0 Å². The first-order chi connectivity index (χ1) is 8.04. The Labute approximate surface area is 105 Å². The van der Waals surface area contributed by atoms with Crippen LogP contribution in [0.25, 0.3) is 0 Å². The van der Waals surface area contributed by atoms with Crippen LogP contribution in [0.1, 0.15) is 16.1 Å². The standard InChI is InChI=1S/C11H15ClN2O3/c1-7-3-10(12)9(5-13-7)11(16)14-4-8(15)6-17-2/h3,5,8,15H,4,6H2,1-2H3,(H,14,16). The molecule has 0 saturated heterocycles. The minimum atomic E-state index is -0.735. The van der Waals surface area contributed by atoms with Crippen molar-refractivity contribution < 1.29 is 14.6 Å². The van der Waals surface area contributed by atoms with Crippen molar-refractivity contribution >= 4 is 17.5 Å². The summed E-state index contributed by atoms with van der Waals surface area (Å²) in [5.41, 5.74) is 1.04. The van der Waals surface area contributed by atoms with Gasteiger partial charge in [-0.05, 0) is 13.0 Å².